The highest BCUT2D eigenvalue weighted by atomic mass is 16.5. The molecule has 0 saturated heterocycles. The molecule has 0 bridgehead atoms. The maximum atomic E-state index is 13.2. The van der Waals surface area contributed by atoms with Crippen molar-refractivity contribution in [3.05, 3.63) is 84.3 Å². The lowest BCUT2D eigenvalue weighted by Gasteiger charge is -2.10. The Kier molecular flexibility index (Phi) is 5.43. The smallest absolute Gasteiger partial charge is 0.262 e. The predicted octanol–water partition coefficient (Wildman–Crippen LogP) is 4.16. The molecule has 1 amide bonds. The van der Waals surface area contributed by atoms with Crippen LogP contribution >= 0.6 is 0 Å². The van der Waals surface area contributed by atoms with Crippen LogP contribution in [-0.4, -0.2) is 44.5 Å². The first kappa shape index (κ1) is 21.2. The van der Waals surface area contributed by atoms with Gasteiger partial charge in [-0.2, -0.15) is 10.2 Å². The second kappa shape index (κ2) is 8.70. The van der Waals surface area contributed by atoms with Crippen molar-refractivity contribution < 1.29 is 14.3 Å². The molecule has 34 heavy (non-hydrogen) atoms. The molecule has 9 heteroatoms. The zero-order valence-electron chi connectivity index (χ0n) is 18.9. The number of aromatic nitrogens is 5. The number of aryl methyl sites for hydroxylation is 1. The lowest BCUT2D eigenvalue weighted by atomic mass is 10.1. The molecular formula is C25H22N6O3. The van der Waals surface area contributed by atoms with E-state index in [0.29, 0.717) is 34.2 Å². The zero-order valence-corrected chi connectivity index (χ0v) is 18.9. The van der Waals surface area contributed by atoms with Gasteiger partial charge in [-0.25, -0.2) is 14.2 Å². The topological polar surface area (TPSA) is 95.6 Å². The number of benzene rings is 2. The molecule has 0 saturated carbocycles. The third kappa shape index (κ3) is 3.73. The maximum Gasteiger partial charge on any atom is 0.262 e. The van der Waals surface area contributed by atoms with Gasteiger partial charge in [-0.1, -0.05) is 23.8 Å². The van der Waals surface area contributed by atoms with Crippen LogP contribution in [0, 0.1) is 6.92 Å². The number of rotatable bonds is 6. The van der Waals surface area contributed by atoms with E-state index in [9.17, 15) is 4.79 Å². The molecule has 2 aromatic carbocycles. The number of ether oxygens (including phenoxy) is 2. The highest BCUT2D eigenvalue weighted by Crippen LogP contribution is 2.38. The standard InChI is InChI=1S/C25H22N6O3/c1-16-8-10-17(11-9-16)31-22(28-25(32)19-15-27-30-13-5-12-26-24(19)30)14-20(29-31)18-6-4-7-21(33-2)23(18)34-3/h4-15H,1-3H3,(H,28,32). The number of amides is 1. The Morgan fingerprint density at radius 1 is 1.03 bits per heavy atom. The molecule has 170 valence electrons. The number of anilines is 1. The molecule has 5 rings (SSSR count). The molecule has 0 aliphatic rings. The van der Waals surface area contributed by atoms with Crippen molar-refractivity contribution in [2.24, 2.45) is 0 Å². The van der Waals surface area contributed by atoms with Crippen LogP contribution in [0.25, 0.3) is 22.6 Å². The SMILES string of the molecule is COc1cccc(-c2cc(NC(=O)c3cnn4cccnc34)n(-c3ccc(C)cc3)n2)c1OC. The third-order valence-corrected chi connectivity index (χ3v) is 5.43. The van der Waals surface area contributed by atoms with Crippen molar-refractivity contribution in [2.75, 3.05) is 19.5 Å². The Morgan fingerprint density at radius 3 is 2.62 bits per heavy atom. The minimum atomic E-state index is -0.342. The number of nitrogens with one attached hydrogen (secondary N) is 1. The van der Waals surface area contributed by atoms with Crippen LogP contribution in [0.4, 0.5) is 5.82 Å². The van der Waals surface area contributed by atoms with Crippen molar-refractivity contribution in [1.82, 2.24) is 24.4 Å². The van der Waals surface area contributed by atoms with E-state index >= 15 is 0 Å². The summed E-state index contributed by atoms with van der Waals surface area (Å²) >= 11 is 0. The van der Waals surface area contributed by atoms with E-state index in [-0.39, 0.29) is 5.91 Å². The van der Waals surface area contributed by atoms with E-state index in [0.717, 1.165) is 16.8 Å². The summed E-state index contributed by atoms with van der Waals surface area (Å²) in [5.41, 5.74) is 4.10. The van der Waals surface area contributed by atoms with Crippen LogP contribution in [-0.2, 0) is 0 Å². The molecule has 0 spiro atoms. The molecule has 3 aromatic heterocycles. The number of hydrogen-bond acceptors (Lipinski definition) is 6. The van der Waals surface area contributed by atoms with Gasteiger partial charge in [-0.05, 0) is 37.3 Å². The fourth-order valence-corrected chi connectivity index (χ4v) is 3.74. The molecule has 0 radical (unpaired) electrons. The van der Waals surface area contributed by atoms with E-state index in [1.807, 2.05) is 49.4 Å². The van der Waals surface area contributed by atoms with Crippen LogP contribution in [0.5, 0.6) is 11.5 Å². The van der Waals surface area contributed by atoms with E-state index in [1.165, 1.54) is 6.20 Å². The normalized spacial score (nSPS) is 10.9. The minimum absolute atomic E-state index is 0.342. The van der Waals surface area contributed by atoms with Crippen molar-refractivity contribution in [3.63, 3.8) is 0 Å². The summed E-state index contributed by atoms with van der Waals surface area (Å²) in [5.74, 6) is 1.30. The summed E-state index contributed by atoms with van der Waals surface area (Å²) < 4.78 is 14.3. The Bertz CT molecular complexity index is 1490. The Hall–Kier alpha value is -4.66. The van der Waals surface area contributed by atoms with Crippen LogP contribution in [0.15, 0.2) is 73.2 Å². The summed E-state index contributed by atoms with van der Waals surface area (Å²) in [6.45, 7) is 2.01. The zero-order chi connectivity index (χ0) is 23.7. The highest BCUT2D eigenvalue weighted by molar-refractivity contribution is 6.08. The first-order chi connectivity index (χ1) is 16.6. The van der Waals surface area contributed by atoms with Crippen molar-refractivity contribution >= 4 is 17.4 Å². The molecule has 0 fully saturated rings. The first-order valence-corrected chi connectivity index (χ1v) is 10.6. The van der Waals surface area contributed by atoms with Gasteiger partial charge in [0.05, 0.1) is 31.8 Å². The summed E-state index contributed by atoms with van der Waals surface area (Å²) in [6.07, 6.45) is 4.86. The van der Waals surface area contributed by atoms with Gasteiger partial charge >= 0.3 is 0 Å². The van der Waals surface area contributed by atoms with E-state index < -0.39 is 0 Å². The molecule has 0 aliphatic carbocycles. The van der Waals surface area contributed by atoms with Gasteiger partial charge in [0.1, 0.15) is 11.4 Å². The van der Waals surface area contributed by atoms with Gasteiger partial charge < -0.3 is 14.8 Å². The lowest BCUT2D eigenvalue weighted by Crippen LogP contribution is -2.15. The number of carbonyl (C=O) groups excluding carboxylic acids is 1. The monoisotopic (exact) mass is 454 g/mol. The molecule has 0 atom stereocenters. The van der Waals surface area contributed by atoms with E-state index in [1.54, 1.807) is 47.9 Å². The van der Waals surface area contributed by atoms with E-state index in [2.05, 4.69) is 15.4 Å². The van der Waals surface area contributed by atoms with Gasteiger partial charge in [0.15, 0.2) is 17.1 Å². The highest BCUT2D eigenvalue weighted by Gasteiger charge is 2.20. The summed E-state index contributed by atoms with van der Waals surface area (Å²) in [7, 11) is 3.17. The fraction of sp³-hybridized carbons (Fsp3) is 0.120. The number of fused-ring (bicyclic) bond motifs is 1. The van der Waals surface area contributed by atoms with Gasteiger partial charge in [0.2, 0.25) is 0 Å². The van der Waals surface area contributed by atoms with Crippen LogP contribution < -0.4 is 14.8 Å². The van der Waals surface area contributed by atoms with Crippen LogP contribution in [0.1, 0.15) is 15.9 Å². The Labute approximate surface area is 195 Å². The molecule has 9 nitrogen and oxygen atoms in total. The second-order valence-corrected chi connectivity index (χ2v) is 7.60. The summed E-state index contributed by atoms with van der Waals surface area (Å²) in [6, 6.07) is 17.0. The summed E-state index contributed by atoms with van der Waals surface area (Å²) in [4.78, 5) is 17.5. The third-order valence-electron chi connectivity index (χ3n) is 5.43. The van der Waals surface area contributed by atoms with Crippen molar-refractivity contribution in [2.45, 2.75) is 6.92 Å². The lowest BCUT2D eigenvalue weighted by molar-refractivity contribution is 0.102. The first-order valence-electron chi connectivity index (χ1n) is 10.6. The summed E-state index contributed by atoms with van der Waals surface area (Å²) in [5, 5.41) is 12.0. The largest absolute Gasteiger partial charge is 0.493 e. The molecule has 0 unspecified atom stereocenters. The van der Waals surface area contributed by atoms with Gasteiger partial charge in [0.25, 0.3) is 5.91 Å². The van der Waals surface area contributed by atoms with Crippen molar-refractivity contribution in [3.8, 4) is 28.4 Å². The molecule has 0 aliphatic heterocycles. The number of nitrogens with zero attached hydrogens (tertiary/aromatic N) is 5. The average Bonchev–Trinajstić information content (AvgIpc) is 3.48. The number of para-hydroxylation sites is 1. The number of carbonyl (C=O) groups is 1. The van der Waals surface area contributed by atoms with Crippen LogP contribution in [0.3, 0.4) is 0 Å². The predicted molar refractivity (Wildman–Crippen MR) is 128 cm³/mol. The molecular weight excluding hydrogens is 432 g/mol. The van der Waals surface area contributed by atoms with Gasteiger partial charge in [0, 0.05) is 24.0 Å². The maximum absolute atomic E-state index is 13.2. The number of hydrogen-bond donors (Lipinski definition) is 1. The number of methoxy groups -OCH3 is 2. The van der Waals surface area contributed by atoms with Crippen LogP contribution in [0.2, 0.25) is 0 Å². The molecule has 5 aromatic rings. The minimum Gasteiger partial charge on any atom is -0.493 e. The Balaban J connectivity index is 1.60. The Morgan fingerprint density at radius 2 is 1.85 bits per heavy atom. The van der Waals surface area contributed by atoms with Crippen molar-refractivity contribution in [1.29, 1.82) is 0 Å². The van der Waals surface area contributed by atoms with E-state index in [4.69, 9.17) is 14.6 Å². The second-order valence-electron chi connectivity index (χ2n) is 7.60. The van der Waals surface area contributed by atoms with Gasteiger partial charge in [-0.3, -0.25) is 4.79 Å². The quantitative estimate of drug-likeness (QED) is 0.414. The fourth-order valence-electron chi connectivity index (χ4n) is 3.74. The molecule has 1 N–H and O–H groups in total. The molecule has 3 heterocycles. The average molecular weight is 454 g/mol. The van der Waals surface area contributed by atoms with Gasteiger partial charge in [-0.15, -0.1) is 0 Å².